The molecule has 6 nitrogen and oxygen atoms in total. The highest BCUT2D eigenvalue weighted by Gasteiger charge is 2.14. The number of carbonyl (C=O) groups is 1. The lowest BCUT2D eigenvalue weighted by Gasteiger charge is -2.12. The third-order valence-corrected chi connectivity index (χ3v) is 3.79. The van der Waals surface area contributed by atoms with E-state index < -0.39 is 0 Å². The van der Waals surface area contributed by atoms with Crippen LogP contribution in [-0.2, 0) is 0 Å². The summed E-state index contributed by atoms with van der Waals surface area (Å²) in [6, 6.07) is 6.75. The van der Waals surface area contributed by atoms with Gasteiger partial charge in [0.25, 0.3) is 5.91 Å². The van der Waals surface area contributed by atoms with E-state index in [9.17, 15) is 4.79 Å². The second-order valence-electron chi connectivity index (χ2n) is 5.90. The van der Waals surface area contributed by atoms with E-state index in [0.717, 1.165) is 12.8 Å². The fraction of sp³-hybridized carbons (Fsp3) is 0.421. The first-order chi connectivity index (χ1) is 12.2. The number of hydrogen-bond acceptors (Lipinski definition) is 5. The number of nitrogens with two attached hydrogens (primary N) is 1. The van der Waals surface area contributed by atoms with Gasteiger partial charge in [-0.15, -0.1) is 0 Å². The predicted octanol–water partition coefficient (Wildman–Crippen LogP) is 4.05. The van der Waals surface area contributed by atoms with Crippen LogP contribution in [0.25, 0.3) is 0 Å². The van der Waals surface area contributed by atoms with Crippen molar-refractivity contribution in [3.05, 3.63) is 42.2 Å². The van der Waals surface area contributed by atoms with E-state index in [1.54, 1.807) is 36.7 Å². The minimum atomic E-state index is -0.337. The van der Waals surface area contributed by atoms with Gasteiger partial charge in [-0.05, 0) is 30.7 Å². The van der Waals surface area contributed by atoms with Gasteiger partial charge >= 0.3 is 0 Å². The lowest BCUT2D eigenvalue weighted by Crippen LogP contribution is -2.16. The van der Waals surface area contributed by atoms with Crippen LogP contribution in [0.1, 0.15) is 55.8 Å². The molecule has 3 N–H and O–H groups in total. The highest BCUT2D eigenvalue weighted by atomic mass is 16.5. The third-order valence-electron chi connectivity index (χ3n) is 3.79. The predicted molar refractivity (Wildman–Crippen MR) is 99.7 cm³/mol. The Bertz CT molecular complexity index is 662. The number of unbranched alkanes of at least 4 members (excludes halogenated alkanes) is 5. The van der Waals surface area contributed by atoms with E-state index in [-0.39, 0.29) is 11.9 Å². The average Bonchev–Trinajstić information content (AvgIpc) is 2.62. The van der Waals surface area contributed by atoms with Crippen LogP contribution >= 0.6 is 0 Å². The molecule has 0 saturated heterocycles. The molecule has 0 saturated carbocycles. The number of nitrogens with one attached hydrogen (secondary N) is 1. The van der Waals surface area contributed by atoms with Crippen molar-refractivity contribution in [2.45, 2.75) is 45.4 Å². The molecule has 1 aromatic carbocycles. The van der Waals surface area contributed by atoms with Crippen LogP contribution in [0.2, 0.25) is 0 Å². The van der Waals surface area contributed by atoms with Gasteiger partial charge in [-0.2, -0.15) is 0 Å². The summed E-state index contributed by atoms with van der Waals surface area (Å²) in [4.78, 5) is 20.5. The molecule has 1 heterocycles. The fourth-order valence-electron chi connectivity index (χ4n) is 2.45. The summed E-state index contributed by atoms with van der Waals surface area (Å²) in [5.74, 6) is 0.435. The molecule has 0 atom stereocenters. The molecule has 2 aromatic rings. The monoisotopic (exact) mass is 342 g/mol. The number of nitrogen functional groups attached to an aromatic ring is 1. The molecule has 0 aliphatic carbocycles. The van der Waals surface area contributed by atoms with Gasteiger partial charge in [0.2, 0.25) is 5.95 Å². The largest absolute Gasteiger partial charge is 0.493 e. The van der Waals surface area contributed by atoms with Gasteiger partial charge in [-0.1, -0.05) is 39.0 Å². The molecule has 1 aromatic heterocycles. The Morgan fingerprint density at radius 2 is 1.84 bits per heavy atom. The molecule has 0 aliphatic rings. The Kier molecular flexibility index (Phi) is 7.69. The molecular weight excluding hydrogens is 316 g/mol. The van der Waals surface area contributed by atoms with Crippen LogP contribution in [0.5, 0.6) is 5.75 Å². The molecular formula is C19H26N4O2. The molecule has 134 valence electrons. The number of rotatable bonds is 10. The summed E-state index contributed by atoms with van der Waals surface area (Å²) < 4.78 is 5.80. The van der Waals surface area contributed by atoms with Crippen LogP contribution in [-0.4, -0.2) is 22.5 Å². The molecule has 0 unspecified atom stereocenters. The number of aromatic nitrogens is 2. The number of hydrogen-bond donors (Lipinski definition) is 2. The van der Waals surface area contributed by atoms with Crippen molar-refractivity contribution in [3.63, 3.8) is 0 Å². The van der Waals surface area contributed by atoms with Crippen LogP contribution < -0.4 is 15.8 Å². The second kappa shape index (κ2) is 10.3. The van der Waals surface area contributed by atoms with Crippen molar-refractivity contribution < 1.29 is 9.53 Å². The lowest BCUT2D eigenvalue weighted by molar-refractivity contribution is 0.102. The normalized spacial score (nSPS) is 10.4. The van der Waals surface area contributed by atoms with Crippen LogP contribution in [0.4, 0.5) is 11.6 Å². The number of anilines is 2. The van der Waals surface area contributed by atoms with Gasteiger partial charge in [0.05, 0.1) is 12.2 Å². The smallest absolute Gasteiger partial charge is 0.261 e. The average molecular weight is 342 g/mol. The quantitative estimate of drug-likeness (QED) is 0.502. The van der Waals surface area contributed by atoms with Crippen molar-refractivity contribution in [1.29, 1.82) is 0 Å². The van der Waals surface area contributed by atoms with Crippen LogP contribution in [0, 0.1) is 0 Å². The van der Waals surface area contributed by atoms with E-state index in [0.29, 0.717) is 23.6 Å². The van der Waals surface area contributed by atoms with Crippen molar-refractivity contribution in [2.75, 3.05) is 17.7 Å². The van der Waals surface area contributed by atoms with Gasteiger partial charge in [0, 0.05) is 18.1 Å². The summed E-state index contributed by atoms with van der Waals surface area (Å²) in [6.07, 6.45) is 10.2. The Morgan fingerprint density at radius 1 is 1.12 bits per heavy atom. The molecule has 25 heavy (non-hydrogen) atoms. The Labute approximate surface area is 148 Å². The van der Waals surface area contributed by atoms with Crippen molar-refractivity contribution in [2.24, 2.45) is 0 Å². The maximum atomic E-state index is 12.5. The maximum Gasteiger partial charge on any atom is 0.261 e. The standard InChI is InChI=1S/C19H26N4O2/c1-2-3-4-5-6-7-13-25-17-10-9-15(20)14-16(17)18(24)23-19-21-11-8-12-22-19/h8-12,14H,2-7,13,20H2,1H3,(H,21,22,23,24). The zero-order chi connectivity index (χ0) is 17.9. The lowest BCUT2D eigenvalue weighted by atomic mass is 10.1. The number of amides is 1. The number of carbonyl (C=O) groups excluding carboxylic acids is 1. The Balaban J connectivity index is 1.91. The molecule has 0 aliphatic heterocycles. The van der Waals surface area contributed by atoms with Gasteiger partial charge in [0.15, 0.2) is 0 Å². The molecule has 0 bridgehead atoms. The molecule has 6 heteroatoms. The van der Waals surface area contributed by atoms with E-state index >= 15 is 0 Å². The first kappa shape index (κ1) is 18.7. The van der Waals surface area contributed by atoms with E-state index in [2.05, 4.69) is 22.2 Å². The highest BCUT2D eigenvalue weighted by Crippen LogP contribution is 2.23. The van der Waals surface area contributed by atoms with Gasteiger partial charge in [-0.3, -0.25) is 10.1 Å². The summed E-state index contributed by atoms with van der Waals surface area (Å²) in [7, 11) is 0. The molecule has 2 rings (SSSR count). The number of benzene rings is 1. The zero-order valence-electron chi connectivity index (χ0n) is 14.7. The fourth-order valence-corrected chi connectivity index (χ4v) is 2.45. The van der Waals surface area contributed by atoms with Crippen molar-refractivity contribution >= 4 is 17.5 Å². The number of nitrogens with zero attached hydrogens (tertiary/aromatic N) is 2. The topological polar surface area (TPSA) is 90.1 Å². The van der Waals surface area contributed by atoms with E-state index in [1.165, 1.54) is 25.7 Å². The molecule has 0 spiro atoms. The van der Waals surface area contributed by atoms with E-state index in [4.69, 9.17) is 10.5 Å². The maximum absolute atomic E-state index is 12.5. The SMILES string of the molecule is CCCCCCCCOc1ccc(N)cc1C(=O)Nc1ncccn1. The Hall–Kier alpha value is -2.63. The first-order valence-corrected chi connectivity index (χ1v) is 8.81. The molecule has 1 amide bonds. The Morgan fingerprint density at radius 3 is 2.60 bits per heavy atom. The van der Waals surface area contributed by atoms with Gasteiger partial charge in [0.1, 0.15) is 5.75 Å². The minimum absolute atomic E-state index is 0.247. The molecule has 0 radical (unpaired) electrons. The molecule has 0 fully saturated rings. The van der Waals surface area contributed by atoms with Gasteiger partial charge in [-0.25, -0.2) is 9.97 Å². The summed E-state index contributed by atoms with van der Waals surface area (Å²) in [5, 5.41) is 2.65. The summed E-state index contributed by atoms with van der Waals surface area (Å²) in [6.45, 7) is 2.79. The van der Waals surface area contributed by atoms with Crippen molar-refractivity contribution in [3.8, 4) is 5.75 Å². The minimum Gasteiger partial charge on any atom is -0.493 e. The van der Waals surface area contributed by atoms with Crippen molar-refractivity contribution in [1.82, 2.24) is 9.97 Å². The van der Waals surface area contributed by atoms with E-state index in [1.807, 2.05) is 0 Å². The third kappa shape index (κ3) is 6.41. The highest BCUT2D eigenvalue weighted by molar-refractivity contribution is 6.05. The van der Waals surface area contributed by atoms with Crippen LogP contribution in [0.3, 0.4) is 0 Å². The summed E-state index contributed by atoms with van der Waals surface area (Å²) in [5.41, 5.74) is 6.71. The first-order valence-electron chi connectivity index (χ1n) is 8.81. The zero-order valence-corrected chi connectivity index (χ0v) is 14.7. The summed E-state index contributed by atoms with van der Waals surface area (Å²) >= 11 is 0. The van der Waals surface area contributed by atoms with Crippen LogP contribution in [0.15, 0.2) is 36.7 Å². The second-order valence-corrected chi connectivity index (χ2v) is 5.90. The van der Waals surface area contributed by atoms with Gasteiger partial charge < -0.3 is 10.5 Å². The number of ether oxygens (including phenoxy) is 1.